The van der Waals surface area contributed by atoms with Crippen LogP contribution in [0.15, 0.2) is 12.3 Å². The SMILES string of the molecule is CCC(COC)Oc1nc(C)nc(Nc2ncc(C)cc2C)c1C. The highest BCUT2D eigenvalue weighted by Gasteiger charge is 2.16. The Morgan fingerprint density at radius 1 is 1.12 bits per heavy atom. The van der Waals surface area contributed by atoms with E-state index in [1.807, 2.05) is 33.9 Å². The van der Waals surface area contributed by atoms with Gasteiger partial charge in [0.1, 0.15) is 23.6 Å². The van der Waals surface area contributed by atoms with Gasteiger partial charge in [-0.05, 0) is 45.2 Å². The van der Waals surface area contributed by atoms with Crippen LogP contribution in [0.5, 0.6) is 5.88 Å². The van der Waals surface area contributed by atoms with Gasteiger partial charge in [0.05, 0.1) is 12.2 Å². The Kier molecular flexibility index (Phi) is 6.09. The third-order valence-corrected chi connectivity index (χ3v) is 3.75. The summed E-state index contributed by atoms with van der Waals surface area (Å²) < 4.78 is 11.2. The first kappa shape index (κ1) is 18.1. The van der Waals surface area contributed by atoms with E-state index >= 15 is 0 Å². The van der Waals surface area contributed by atoms with Crippen molar-refractivity contribution >= 4 is 11.6 Å². The predicted molar refractivity (Wildman–Crippen MR) is 95.1 cm³/mol. The fourth-order valence-electron chi connectivity index (χ4n) is 2.38. The number of methoxy groups -OCH3 is 1. The van der Waals surface area contributed by atoms with Crippen LogP contribution in [0.25, 0.3) is 0 Å². The monoisotopic (exact) mass is 330 g/mol. The molecule has 0 bridgehead atoms. The molecule has 6 heteroatoms. The van der Waals surface area contributed by atoms with E-state index < -0.39 is 0 Å². The molecule has 0 fully saturated rings. The van der Waals surface area contributed by atoms with Crippen molar-refractivity contribution in [1.82, 2.24) is 15.0 Å². The van der Waals surface area contributed by atoms with Crippen LogP contribution in [0, 0.1) is 27.7 Å². The van der Waals surface area contributed by atoms with Crippen molar-refractivity contribution in [1.29, 1.82) is 0 Å². The lowest BCUT2D eigenvalue weighted by Gasteiger charge is -2.19. The number of aryl methyl sites for hydroxylation is 3. The van der Waals surface area contributed by atoms with E-state index in [0.29, 0.717) is 24.1 Å². The van der Waals surface area contributed by atoms with Crippen LogP contribution < -0.4 is 10.1 Å². The van der Waals surface area contributed by atoms with Gasteiger partial charge in [0, 0.05) is 13.3 Å². The Morgan fingerprint density at radius 2 is 1.88 bits per heavy atom. The first-order chi connectivity index (χ1) is 11.4. The van der Waals surface area contributed by atoms with Crippen molar-refractivity contribution in [3.63, 3.8) is 0 Å². The van der Waals surface area contributed by atoms with Gasteiger partial charge in [-0.15, -0.1) is 0 Å². The van der Waals surface area contributed by atoms with Gasteiger partial charge in [-0.2, -0.15) is 4.98 Å². The van der Waals surface area contributed by atoms with Crippen LogP contribution in [0.1, 0.15) is 35.9 Å². The molecule has 0 aliphatic heterocycles. The van der Waals surface area contributed by atoms with Crippen LogP contribution in [0.3, 0.4) is 0 Å². The third kappa shape index (κ3) is 4.41. The molecule has 0 spiro atoms. The van der Waals surface area contributed by atoms with E-state index in [1.54, 1.807) is 7.11 Å². The smallest absolute Gasteiger partial charge is 0.222 e. The zero-order chi connectivity index (χ0) is 17.7. The molecule has 0 aromatic carbocycles. The van der Waals surface area contributed by atoms with Crippen molar-refractivity contribution in [2.75, 3.05) is 19.0 Å². The highest BCUT2D eigenvalue weighted by molar-refractivity contribution is 5.60. The minimum absolute atomic E-state index is 0.0323. The molecular weight excluding hydrogens is 304 g/mol. The molecule has 6 nitrogen and oxygen atoms in total. The topological polar surface area (TPSA) is 69.2 Å². The van der Waals surface area contributed by atoms with Crippen LogP contribution in [0.4, 0.5) is 11.6 Å². The molecule has 1 atom stereocenters. The van der Waals surface area contributed by atoms with Crippen LogP contribution in [-0.2, 0) is 4.74 Å². The van der Waals surface area contributed by atoms with Gasteiger partial charge in [0.25, 0.3) is 0 Å². The van der Waals surface area contributed by atoms with E-state index in [4.69, 9.17) is 9.47 Å². The summed E-state index contributed by atoms with van der Waals surface area (Å²) in [6.45, 7) is 10.4. The summed E-state index contributed by atoms with van der Waals surface area (Å²) in [5, 5.41) is 3.30. The number of nitrogens with zero attached hydrogens (tertiary/aromatic N) is 3. The Hall–Kier alpha value is -2.21. The third-order valence-electron chi connectivity index (χ3n) is 3.75. The fraction of sp³-hybridized carbons (Fsp3) is 0.500. The molecule has 0 amide bonds. The van der Waals surface area contributed by atoms with Gasteiger partial charge >= 0.3 is 0 Å². The molecule has 2 heterocycles. The molecule has 0 saturated carbocycles. The summed E-state index contributed by atoms with van der Waals surface area (Å²) in [4.78, 5) is 13.4. The highest BCUT2D eigenvalue weighted by Crippen LogP contribution is 2.26. The Bertz CT molecular complexity index is 704. The Morgan fingerprint density at radius 3 is 2.50 bits per heavy atom. The maximum absolute atomic E-state index is 6.01. The molecule has 0 radical (unpaired) electrons. The van der Waals surface area contributed by atoms with E-state index in [-0.39, 0.29) is 6.10 Å². The van der Waals surface area contributed by atoms with Crippen LogP contribution >= 0.6 is 0 Å². The van der Waals surface area contributed by atoms with Crippen LogP contribution in [0.2, 0.25) is 0 Å². The lowest BCUT2D eigenvalue weighted by molar-refractivity contribution is 0.0750. The number of hydrogen-bond donors (Lipinski definition) is 1. The predicted octanol–water partition coefficient (Wildman–Crippen LogP) is 3.65. The summed E-state index contributed by atoms with van der Waals surface area (Å²) in [6, 6.07) is 2.09. The lowest BCUT2D eigenvalue weighted by Crippen LogP contribution is -2.22. The number of nitrogens with one attached hydrogen (secondary N) is 1. The lowest BCUT2D eigenvalue weighted by atomic mass is 10.2. The fourth-order valence-corrected chi connectivity index (χ4v) is 2.38. The van der Waals surface area contributed by atoms with Crippen molar-refractivity contribution in [3.05, 3.63) is 34.8 Å². The molecule has 130 valence electrons. The number of aromatic nitrogens is 3. The van der Waals surface area contributed by atoms with E-state index in [1.165, 1.54) is 0 Å². The summed E-state index contributed by atoms with van der Waals surface area (Å²) in [5.74, 6) is 2.73. The molecule has 0 aliphatic rings. The summed E-state index contributed by atoms with van der Waals surface area (Å²) in [5.41, 5.74) is 3.05. The molecule has 0 saturated heterocycles. The second kappa shape index (κ2) is 8.06. The Balaban J connectivity index is 2.30. The van der Waals surface area contributed by atoms with Gasteiger partial charge in [-0.3, -0.25) is 0 Å². The number of ether oxygens (including phenoxy) is 2. The zero-order valence-electron chi connectivity index (χ0n) is 15.3. The van der Waals surface area contributed by atoms with Gasteiger partial charge in [-0.1, -0.05) is 13.0 Å². The molecule has 24 heavy (non-hydrogen) atoms. The highest BCUT2D eigenvalue weighted by atomic mass is 16.5. The van der Waals surface area contributed by atoms with Crippen molar-refractivity contribution < 1.29 is 9.47 Å². The van der Waals surface area contributed by atoms with E-state index in [0.717, 1.165) is 28.9 Å². The second-order valence-electron chi connectivity index (χ2n) is 5.96. The van der Waals surface area contributed by atoms with Gasteiger partial charge in [0.15, 0.2) is 0 Å². The number of rotatable bonds is 7. The van der Waals surface area contributed by atoms with Crippen molar-refractivity contribution in [2.24, 2.45) is 0 Å². The number of hydrogen-bond acceptors (Lipinski definition) is 6. The molecule has 2 aromatic heterocycles. The largest absolute Gasteiger partial charge is 0.472 e. The molecule has 2 rings (SSSR count). The minimum atomic E-state index is -0.0323. The van der Waals surface area contributed by atoms with E-state index in [2.05, 4.69) is 33.3 Å². The number of pyridine rings is 1. The quantitative estimate of drug-likeness (QED) is 0.835. The van der Waals surface area contributed by atoms with Crippen molar-refractivity contribution in [2.45, 2.75) is 47.1 Å². The van der Waals surface area contributed by atoms with Gasteiger partial charge in [-0.25, -0.2) is 9.97 Å². The van der Waals surface area contributed by atoms with Gasteiger partial charge in [0.2, 0.25) is 5.88 Å². The second-order valence-corrected chi connectivity index (χ2v) is 5.96. The molecule has 2 aromatic rings. The summed E-state index contributed by atoms with van der Waals surface area (Å²) >= 11 is 0. The molecule has 1 unspecified atom stereocenters. The normalized spacial score (nSPS) is 12.1. The first-order valence-electron chi connectivity index (χ1n) is 8.15. The first-order valence-corrected chi connectivity index (χ1v) is 8.15. The maximum Gasteiger partial charge on any atom is 0.222 e. The zero-order valence-corrected chi connectivity index (χ0v) is 15.3. The molecular formula is C18H26N4O2. The summed E-state index contributed by atoms with van der Waals surface area (Å²) in [6.07, 6.45) is 2.65. The molecule has 0 aliphatic carbocycles. The van der Waals surface area contributed by atoms with E-state index in [9.17, 15) is 0 Å². The summed E-state index contributed by atoms with van der Waals surface area (Å²) in [7, 11) is 1.67. The Labute approximate surface area is 143 Å². The van der Waals surface area contributed by atoms with Crippen LogP contribution in [-0.4, -0.2) is 34.8 Å². The van der Waals surface area contributed by atoms with Gasteiger partial charge < -0.3 is 14.8 Å². The van der Waals surface area contributed by atoms with Crippen molar-refractivity contribution in [3.8, 4) is 5.88 Å². The standard InChI is InChI=1S/C18H26N4O2/c1-7-15(10-23-6)24-18-13(4)17(20-14(5)21-18)22-16-12(3)8-11(2)9-19-16/h8-9,15H,7,10H2,1-6H3,(H,19,20,21,22). The average molecular weight is 330 g/mol. The maximum atomic E-state index is 6.01. The number of anilines is 2. The average Bonchev–Trinajstić information content (AvgIpc) is 2.53. The molecule has 1 N–H and O–H groups in total. The minimum Gasteiger partial charge on any atom is -0.472 e.